The maximum Gasteiger partial charge on any atom is 0.335 e. The third-order valence-electron chi connectivity index (χ3n) is 0.805. The summed E-state index contributed by atoms with van der Waals surface area (Å²) in [6.45, 7) is 0. The standard InChI is InChI=1S/C4H6O6.Zn/c5-1(3(7)8)2(6)4(9)10;/h1-2,5-6H,(H,7,8)(H,9,10);/t1-,2+;. The van der Waals surface area contributed by atoms with E-state index in [1.54, 1.807) is 0 Å². The molecular formula is C4H6O6Zn. The molecule has 7 heteroatoms. The molecule has 0 aliphatic rings. The molecule has 0 amide bonds. The van der Waals surface area contributed by atoms with Crippen molar-refractivity contribution >= 4 is 11.9 Å². The Morgan fingerprint density at radius 2 is 1.09 bits per heavy atom. The zero-order valence-corrected chi connectivity index (χ0v) is 8.43. The Bertz CT molecular complexity index is 139. The second-order valence-corrected chi connectivity index (χ2v) is 1.57. The Labute approximate surface area is 74.2 Å². The fraction of sp³-hybridized carbons (Fsp3) is 0.500. The monoisotopic (exact) mass is 214 g/mol. The van der Waals surface area contributed by atoms with Crippen molar-refractivity contribution in [1.82, 2.24) is 0 Å². The third-order valence-corrected chi connectivity index (χ3v) is 0.805. The van der Waals surface area contributed by atoms with Gasteiger partial charge in [-0.3, -0.25) is 0 Å². The van der Waals surface area contributed by atoms with E-state index in [1.807, 2.05) is 0 Å². The van der Waals surface area contributed by atoms with Crippen molar-refractivity contribution in [2.75, 3.05) is 0 Å². The number of carboxylic acids is 2. The van der Waals surface area contributed by atoms with Gasteiger partial charge in [0.25, 0.3) is 0 Å². The molecule has 0 fully saturated rings. The average Bonchev–Trinajstić information content (AvgIpc) is 1.84. The molecule has 0 radical (unpaired) electrons. The zero-order valence-electron chi connectivity index (χ0n) is 5.47. The van der Waals surface area contributed by atoms with Crippen molar-refractivity contribution in [2.24, 2.45) is 0 Å². The van der Waals surface area contributed by atoms with Crippen LogP contribution in [-0.4, -0.2) is 44.6 Å². The quantitative estimate of drug-likeness (QED) is 0.400. The number of carbonyl (C=O) groups is 2. The summed E-state index contributed by atoms with van der Waals surface area (Å²) < 4.78 is 0. The molecule has 0 aromatic heterocycles. The molecule has 0 heterocycles. The van der Waals surface area contributed by atoms with Crippen molar-refractivity contribution in [3.05, 3.63) is 0 Å². The fourth-order valence-electron chi connectivity index (χ4n) is 0.270. The summed E-state index contributed by atoms with van der Waals surface area (Å²) in [5.74, 6) is -3.54. The van der Waals surface area contributed by atoms with Crippen LogP contribution in [0.25, 0.3) is 0 Å². The molecule has 0 aliphatic heterocycles. The molecule has 0 rings (SSSR count). The van der Waals surface area contributed by atoms with E-state index in [0.29, 0.717) is 0 Å². The number of aliphatic hydroxyl groups excluding tert-OH is 2. The first kappa shape index (κ1) is 13.1. The van der Waals surface area contributed by atoms with Gasteiger partial charge in [-0.1, -0.05) is 0 Å². The van der Waals surface area contributed by atoms with Gasteiger partial charge in [-0.2, -0.15) is 0 Å². The van der Waals surface area contributed by atoms with E-state index >= 15 is 0 Å². The van der Waals surface area contributed by atoms with Crippen LogP contribution in [0.15, 0.2) is 0 Å². The summed E-state index contributed by atoms with van der Waals surface area (Å²) >= 11 is 0. The van der Waals surface area contributed by atoms with Crippen LogP contribution in [0, 0.1) is 0 Å². The van der Waals surface area contributed by atoms with Crippen LogP contribution in [0.5, 0.6) is 0 Å². The number of carboxylic acid groups (broad SMARTS) is 2. The zero-order chi connectivity index (χ0) is 8.31. The van der Waals surface area contributed by atoms with E-state index in [-0.39, 0.29) is 19.5 Å². The van der Waals surface area contributed by atoms with Crippen LogP contribution in [0.4, 0.5) is 0 Å². The van der Waals surface area contributed by atoms with Crippen molar-refractivity contribution in [3.63, 3.8) is 0 Å². The Morgan fingerprint density at radius 3 is 1.18 bits per heavy atom. The minimum absolute atomic E-state index is 0. The van der Waals surface area contributed by atoms with Crippen molar-refractivity contribution < 1.29 is 49.5 Å². The first-order chi connectivity index (χ1) is 4.46. The third kappa shape index (κ3) is 4.03. The summed E-state index contributed by atoms with van der Waals surface area (Å²) in [7, 11) is 0. The topological polar surface area (TPSA) is 115 Å². The van der Waals surface area contributed by atoms with E-state index in [1.165, 1.54) is 0 Å². The first-order valence-electron chi connectivity index (χ1n) is 2.28. The molecule has 2 atom stereocenters. The first-order valence-corrected chi connectivity index (χ1v) is 2.28. The molecule has 4 N–H and O–H groups in total. The molecule has 0 aromatic rings. The molecular weight excluding hydrogens is 209 g/mol. The van der Waals surface area contributed by atoms with Gasteiger partial charge in [0, 0.05) is 19.5 Å². The van der Waals surface area contributed by atoms with Gasteiger partial charge in [0.05, 0.1) is 0 Å². The molecule has 0 saturated heterocycles. The van der Waals surface area contributed by atoms with Crippen molar-refractivity contribution in [2.45, 2.75) is 12.2 Å². The summed E-state index contributed by atoms with van der Waals surface area (Å²) in [5, 5.41) is 32.5. The van der Waals surface area contributed by atoms with Gasteiger partial charge in [0.15, 0.2) is 12.2 Å². The predicted molar refractivity (Wildman–Crippen MR) is 27.3 cm³/mol. The normalized spacial score (nSPS) is 14.4. The predicted octanol–water partition coefficient (Wildman–Crippen LogP) is -2.13. The second-order valence-electron chi connectivity index (χ2n) is 1.57. The van der Waals surface area contributed by atoms with E-state index < -0.39 is 24.1 Å². The van der Waals surface area contributed by atoms with Gasteiger partial charge in [-0.05, 0) is 0 Å². The van der Waals surface area contributed by atoms with E-state index in [9.17, 15) is 9.59 Å². The molecule has 6 nitrogen and oxygen atoms in total. The SMILES string of the molecule is O=C(O)[C@@H](O)[C@@H](O)C(=O)O.[Zn]. The van der Waals surface area contributed by atoms with Crippen LogP contribution < -0.4 is 0 Å². The number of rotatable bonds is 3. The Morgan fingerprint density at radius 1 is 0.909 bits per heavy atom. The summed E-state index contributed by atoms with van der Waals surface area (Å²) in [6.07, 6.45) is -4.53. The summed E-state index contributed by atoms with van der Waals surface area (Å²) in [5.41, 5.74) is 0. The molecule has 0 bridgehead atoms. The Hall–Kier alpha value is -0.517. The van der Waals surface area contributed by atoms with Crippen molar-refractivity contribution in [1.29, 1.82) is 0 Å². The smallest absolute Gasteiger partial charge is 0.335 e. The maximum absolute atomic E-state index is 9.77. The van der Waals surface area contributed by atoms with Crippen molar-refractivity contribution in [3.8, 4) is 0 Å². The minimum atomic E-state index is -2.27. The number of hydrogen-bond acceptors (Lipinski definition) is 4. The molecule has 0 saturated carbocycles. The molecule has 0 spiro atoms. The van der Waals surface area contributed by atoms with E-state index in [4.69, 9.17) is 20.4 Å². The summed E-state index contributed by atoms with van der Waals surface area (Å²) in [4.78, 5) is 19.5. The van der Waals surface area contributed by atoms with Crippen LogP contribution in [-0.2, 0) is 29.1 Å². The van der Waals surface area contributed by atoms with Gasteiger partial charge >= 0.3 is 11.9 Å². The van der Waals surface area contributed by atoms with E-state index in [2.05, 4.69) is 0 Å². The molecule has 11 heavy (non-hydrogen) atoms. The van der Waals surface area contributed by atoms with Crippen LogP contribution in [0.2, 0.25) is 0 Å². The fourth-order valence-corrected chi connectivity index (χ4v) is 0.270. The van der Waals surface area contributed by atoms with Gasteiger partial charge in [-0.25, -0.2) is 9.59 Å². The molecule has 0 unspecified atom stereocenters. The Kier molecular flexibility index (Phi) is 6.16. The largest absolute Gasteiger partial charge is 0.479 e. The average molecular weight is 215 g/mol. The van der Waals surface area contributed by atoms with Gasteiger partial charge in [0.1, 0.15) is 0 Å². The number of hydrogen-bond donors (Lipinski definition) is 4. The maximum atomic E-state index is 9.77. The summed E-state index contributed by atoms with van der Waals surface area (Å²) in [6, 6.07) is 0. The van der Waals surface area contributed by atoms with Gasteiger partial charge in [0.2, 0.25) is 0 Å². The Balaban J connectivity index is 0. The van der Waals surface area contributed by atoms with Gasteiger partial charge in [-0.15, -0.1) is 0 Å². The number of aliphatic carboxylic acids is 2. The van der Waals surface area contributed by atoms with Crippen LogP contribution >= 0.6 is 0 Å². The second kappa shape index (κ2) is 5.18. The molecule has 0 aliphatic carbocycles. The van der Waals surface area contributed by atoms with Crippen LogP contribution in [0.1, 0.15) is 0 Å². The minimum Gasteiger partial charge on any atom is -0.479 e. The molecule has 60 valence electrons. The molecule has 0 aromatic carbocycles. The van der Waals surface area contributed by atoms with E-state index in [0.717, 1.165) is 0 Å². The van der Waals surface area contributed by atoms with Crippen LogP contribution in [0.3, 0.4) is 0 Å². The van der Waals surface area contributed by atoms with Gasteiger partial charge < -0.3 is 20.4 Å². The number of aliphatic hydroxyl groups is 2.